The van der Waals surface area contributed by atoms with E-state index in [9.17, 15) is 9.59 Å². The van der Waals surface area contributed by atoms with Crippen molar-refractivity contribution in [1.29, 1.82) is 0 Å². The Labute approximate surface area is 120 Å². The highest BCUT2D eigenvalue weighted by Gasteiger charge is 2.46. The molecule has 0 aromatic heterocycles. The van der Waals surface area contributed by atoms with Gasteiger partial charge in [0.2, 0.25) is 5.91 Å². The van der Waals surface area contributed by atoms with Gasteiger partial charge in [0.05, 0.1) is 0 Å². The number of ether oxygens (including phenoxy) is 1. The van der Waals surface area contributed by atoms with Gasteiger partial charge in [-0.1, -0.05) is 6.58 Å². The van der Waals surface area contributed by atoms with Crippen LogP contribution in [0.5, 0.6) is 0 Å². The summed E-state index contributed by atoms with van der Waals surface area (Å²) < 4.78 is 5.41. The topological polar surface area (TPSA) is 49.9 Å². The van der Waals surface area contributed by atoms with Gasteiger partial charge in [-0.15, -0.1) is 0 Å². The summed E-state index contributed by atoms with van der Waals surface area (Å²) in [5, 5.41) is 0. The first-order chi connectivity index (χ1) is 9.25. The minimum Gasteiger partial charge on any atom is -0.444 e. The maximum Gasteiger partial charge on any atom is 0.410 e. The van der Waals surface area contributed by atoms with Crippen LogP contribution < -0.4 is 0 Å². The van der Waals surface area contributed by atoms with Crippen LogP contribution in [0.15, 0.2) is 12.7 Å². The van der Waals surface area contributed by atoms with Crippen LogP contribution >= 0.6 is 0 Å². The molecule has 0 saturated carbocycles. The van der Waals surface area contributed by atoms with Gasteiger partial charge in [0, 0.05) is 31.6 Å². The molecule has 20 heavy (non-hydrogen) atoms. The summed E-state index contributed by atoms with van der Waals surface area (Å²) in [6.45, 7) is 12.0. The predicted molar refractivity (Wildman–Crippen MR) is 76.3 cm³/mol. The molecule has 0 bridgehead atoms. The molecule has 2 saturated heterocycles. The third-order valence-corrected chi connectivity index (χ3v) is 4.01. The number of carbonyl (C=O) groups is 2. The van der Waals surface area contributed by atoms with Gasteiger partial charge in [-0.3, -0.25) is 4.79 Å². The molecular weight excluding hydrogens is 256 g/mol. The Hall–Kier alpha value is -1.52. The van der Waals surface area contributed by atoms with Crippen molar-refractivity contribution in [2.45, 2.75) is 39.2 Å². The average Bonchev–Trinajstić information content (AvgIpc) is 2.95. The Morgan fingerprint density at radius 1 is 1.15 bits per heavy atom. The molecule has 5 heteroatoms. The molecule has 2 fully saturated rings. The molecule has 1 unspecified atom stereocenters. The molecule has 0 radical (unpaired) electrons. The summed E-state index contributed by atoms with van der Waals surface area (Å²) in [7, 11) is 0. The first-order valence-corrected chi connectivity index (χ1v) is 7.14. The van der Waals surface area contributed by atoms with E-state index < -0.39 is 5.60 Å². The molecule has 0 N–H and O–H groups in total. The molecule has 1 atom stereocenters. The summed E-state index contributed by atoms with van der Waals surface area (Å²) in [6.07, 6.45) is 3.00. The fourth-order valence-electron chi connectivity index (χ4n) is 3.00. The minimum absolute atomic E-state index is 0.0161. The summed E-state index contributed by atoms with van der Waals surface area (Å²) in [6, 6.07) is 0. The fourth-order valence-corrected chi connectivity index (χ4v) is 3.00. The Balaban J connectivity index is 1.94. The van der Waals surface area contributed by atoms with E-state index in [2.05, 4.69) is 6.58 Å². The maximum absolute atomic E-state index is 12.1. The molecule has 1 spiro atoms. The molecule has 0 aliphatic carbocycles. The van der Waals surface area contributed by atoms with Gasteiger partial charge >= 0.3 is 6.09 Å². The molecule has 2 heterocycles. The second kappa shape index (κ2) is 5.11. The van der Waals surface area contributed by atoms with Crippen LogP contribution in [0.1, 0.15) is 33.6 Å². The van der Waals surface area contributed by atoms with Crippen molar-refractivity contribution in [3.05, 3.63) is 12.7 Å². The maximum atomic E-state index is 12.1. The lowest BCUT2D eigenvalue weighted by atomic mass is 9.86. The van der Waals surface area contributed by atoms with Crippen LogP contribution in [0.2, 0.25) is 0 Å². The predicted octanol–water partition coefficient (Wildman–Crippen LogP) is 2.03. The fraction of sp³-hybridized carbons (Fsp3) is 0.733. The Morgan fingerprint density at radius 3 is 2.25 bits per heavy atom. The van der Waals surface area contributed by atoms with Gasteiger partial charge in [-0.05, 0) is 39.7 Å². The second-order valence-corrected chi connectivity index (χ2v) is 6.87. The van der Waals surface area contributed by atoms with Crippen molar-refractivity contribution in [3.8, 4) is 0 Å². The van der Waals surface area contributed by atoms with Gasteiger partial charge in [0.15, 0.2) is 0 Å². The van der Waals surface area contributed by atoms with Crippen LogP contribution in [0.25, 0.3) is 0 Å². The van der Waals surface area contributed by atoms with Crippen LogP contribution in [0.4, 0.5) is 4.79 Å². The Bertz CT molecular complexity index is 427. The average molecular weight is 280 g/mol. The Kier molecular flexibility index (Phi) is 3.80. The van der Waals surface area contributed by atoms with E-state index in [1.165, 1.54) is 6.08 Å². The quantitative estimate of drug-likeness (QED) is 0.691. The number of likely N-dealkylation sites (tertiary alicyclic amines) is 2. The van der Waals surface area contributed by atoms with Gasteiger partial charge in [0.1, 0.15) is 5.60 Å². The van der Waals surface area contributed by atoms with Crippen molar-refractivity contribution in [3.63, 3.8) is 0 Å². The van der Waals surface area contributed by atoms with Gasteiger partial charge in [-0.2, -0.15) is 0 Å². The highest BCUT2D eigenvalue weighted by molar-refractivity contribution is 5.87. The molecule has 2 aliphatic heterocycles. The molecule has 2 aliphatic rings. The zero-order valence-electron chi connectivity index (χ0n) is 12.6. The van der Waals surface area contributed by atoms with Crippen LogP contribution in [0.3, 0.4) is 0 Å². The second-order valence-electron chi connectivity index (χ2n) is 6.87. The lowest BCUT2D eigenvalue weighted by molar-refractivity contribution is -0.125. The molecule has 5 nitrogen and oxygen atoms in total. The third-order valence-electron chi connectivity index (χ3n) is 4.01. The first kappa shape index (κ1) is 14.9. The molecule has 2 amide bonds. The molecule has 0 aromatic rings. The molecule has 0 aromatic carbocycles. The van der Waals surface area contributed by atoms with Crippen LogP contribution in [0, 0.1) is 5.41 Å². The van der Waals surface area contributed by atoms with E-state index in [4.69, 9.17) is 4.74 Å². The van der Waals surface area contributed by atoms with Crippen molar-refractivity contribution >= 4 is 12.0 Å². The van der Waals surface area contributed by atoms with Gasteiger partial charge in [-0.25, -0.2) is 4.79 Å². The molecular formula is C15H24N2O3. The number of rotatable bonds is 1. The highest BCUT2D eigenvalue weighted by Crippen LogP contribution is 2.39. The van der Waals surface area contributed by atoms with E-state index in [0.29, 0.717) is 13.1 Å². The number of carbonyl (C=O) groups excluding carboxylic acids is 2. The largest absolute Gasteiger partial charge is 0.444 e. The summed E-state index contributed by atoms with van der Waals surface area (Å²) in [4.78, 5) is 27.3. The van der Waals surface area contributed by atoms with Crippen LogP contribution in [-0.4, -0.2) is 53.6 Å². The van der Waals surface area contributed by atoms with Crippen molar-refractivity contribution in [1.82, 2.24) is 9.80 Å². The smallest absolute Gasteiger partial charge is 0.410 e. The normalized spacial score (nSPS) is 26.1. The van der Waals surface area contributed by atoms with Crippen LogP contribution in [-0.2, 0) is 9.53 Å². The monoisotopic (exact) mass is 280 g/mol. The zero-order valence-corrected chi connectivity index (χ0v) is 12.6. The summed E-state index contributed by atoms with van der Waals surface area (Å²) >= 11 is 0. The van der Waals surface area contributed by atoms with E-state index >= 15 is 0 Å². The Morgan fingerprint density at radius 2 is 1.70 bits per heavy atom. The number of nitrogens with zero attached hydrogens (tertiary/aromatic N) is 2. The first-order valence-electron chi connectivity index (χ1n) is 7.14. The summed E-state index contributed by atoms with van der Waals surface area (Å²) in [5.74, 6) is -0.0161. The lowest BCUT2D eigenvalue weighted by Gasteiger charge is -2.27. The van der Waals surface area contributed by atoms with E-state index in [1.54, 1.807) is 4.90 Å². The lowest BCUT2D eigenvalue weighted by Crippen LogP contribution is -2.38. The number of hydrogen-bond acceptors (Lipinski definition) is 3. The van der Waals surface area contributed by atoms with E-state index in [1.807, 2.05) is 25.7 Å². The van der Waals surface area contributed by atoms with Crippen molar-refractivity contribution in [2.75, 3.05) is 26.2 Å². The van der Waals surface area contributed by atoms with E-state index in [0.717, 1.165) is 25.9 Å². The molecule has 112 valence electrons. The minimum atomic E-state index is -0.465. The number of amides is 2. The van der Waals surface area contributed by atoms with Gasteiger partial charge in [0.25, 0.3) is 0 Å². The zero-order chi connectivity index (χ0) is 15.0. The van der Waals surface area contributed by atoms with Crippen molar-refractivity contribution < 1.29 is 14.3 Å². The van der Waals surface area contributed by atoms with E-state index in [-0.39, 0.29) is 17.4 Å². The summed E-state index contributed by atoms with van der Waals surface area (Å²) in [5.41, 5.74) is -0.414. The SMILES string of the molecule is C=CC(=O)N1CCC2(CCN(C(=O)OC(C)(C)C)C2)C1. The third kappa shape index (κ3) is 3.14. The highest BCUT2D eigenvalue weighted by atomic mass is 16.6. The van der Waals surface area contributed by atoms with Crippen molar-refractivity contribution in [2.24, 2.45) is 5.41 Å². The standard InChI is InChI=1S/C15H24N2O3/c1-5-12(18)16-8-6-15(10-16)7-9-17(11-15)13(19)20-14(2,3)4/h5H,1,6-11H2,2-4H3. The van der Waals surface area contributed by atoms with Gasteiger partial charge < -0.3 is 14.5 Å². The number of hydrogen-bond donors (Lipinski definition) is 0. The molecule has 2 rings (SSSR count).